The van der Waals surface area contributed by atoms with Crippen LogP contribution >= 0.6 is 0 Å². The number of carbonyl (C=O) groups is 1. The summed E-state index contributed by atoms with van der Waals surface area (Å²) in [6, 6.07) is 8.44. The van der Waals surface area contributed by atoms with Crippen LogP contribution in [0.3, 0.4) is 0 Å². The molecule has 0 bridgehead atoms. The third-order valence-electron chi connectivity index (χ3n) is 4.54. The van der Waals surface area contributed by atoms with E-state index in [-0.39, 0.29) is 11.8 Å². The largest absolute Gasteiger partial charge is 0.324 e. The molecule has 0 spiro atoms. The molecule has 128 valence electrons. The molecule has 1 aromatic carbocycles. The van der Waals surface area contributed by atoms with E-state index >= 15 is 0 Å². The van der Waals surface area contributed by atoms with Gasteiger partial charge in [-0.15, -0.1) is 0 Å². The molecule has 2 heterocycles. The Bertz CT molecular complexity index is 710. The van der Waals surface area contributed by atoms with Gasteiger partial charge < -0.3 is 4.90 Å². The van der Waals surface area contributed by atoms with Crippen molar-refractivity contribution in [2.24, 2.45) is 13.0 Å². The number of anilines is 1. The first-order valence-electron chi connectivity index (χ1n) is 8.38. The highest BCUT2D eigenvalue weighted by Gasteiger charge is 2.26. The number of nitrogens with one attached hydrogen (secondary N) is 1. The first-order valence-corrected chi connectivity index (χ1v) is 8.38. The van der Waals surface area contributed by atoms with Crippen molar-refractivity contribution in [1.82, 2.24) is 14.7 Å². The molecule has 3 rings (SSSR count). The highest BCUT2D eigenvalue weighted by atomic mass is 19.1. The zero-order valence-corrected chi connectivity index (χ0v) is 14.1. The number of carbonyl (C=O) groups excluding carboxylic acids is 1. The number of aromatic nitrogens is 2. The van der Waals surface area contributed by atoms with Crippen molar-refractivity contribution in [2.75, 3.05) is 18.4 Å². The van der Waals surface area contributed by atoms with Crippen LogP contribution in [0.2, 0.25) is 0 Å². The van der Waals surface area contributed by atoms with E-state index < -0.39 is 0 Å². The van der Waals surface area contributed by atoms with Gasteiger partial charge in [0.15, 0.2) is 0 Å². The number of likely N-dealkylation sites (tertiary alicyclic amines) is 1. The van der Waals surface area contributed by atoms with Crippen LogP contribution in [0.4, 0.5) is 15.0 Å². The number of rotatable bonds is 4. The second kappa shape index (κ2) is 7.03. The number of halogens is 1. The van der Waals surface area contributed by atoms with Crippen LogP contribution < -0.4 is 5.32 Å². The number of hydrogen-bond donors (Lipinski definition) is 1. The van der Waals surface area contributed by atoms with E-state index in [9.17, 15) is 9.18 Å². The van der Waals surface area contributed by atoms with Crippen molar-refractivity contribution < 1.29 is 9.18 Å². The molecule has 1 unspecified atom stereocenters. The van der Waals surface area contributed by atoms with E-state index in [0.717, 1.165) is 49.4 Å². The summed E-state index contributed by atoms with van der Waals surface area (Å²) in [7, 11) is 1.83. The molecule has 1 saturated heterocycles. The van der Waals surface area contributed by atoms with Gasteiger partial charge in [-0.25, -0.2) is 9.18 Å². The summed E-state index contributed by atoms with van der Waals surface area (Å²) < 4.78 is 14.7. The number of aryl methyl sites for hydroxylation is 2. The summed E-state index contributed by atoms with van der Waals surface area (Å²) in [6.45, 7) is 3.51. The monoisotopic (exact) mass is 330 g/mol. The van der Waals surface area contributed by atoms with E-state index in [1.165, 1.54) is 12.1 Å². The van der Waals surface area contributed by atoms with Crippen molar-refractivity contribution in [3.8, 4) is 0 Å². The van der Waals surface area contributed by atoms with Gasteiger partial charge in [-0.3, -0.25) is 10.00 Å². The average Bonchev–Trinajstić information content (AvgIpc) is 3.17. The second-order valence-electron chi connectivity index (χ2n) is 6.36. The van der Waals surface area contributed by atoms with E-state index in [0.29, 0.717) is 5.92 Å². The molecule has 0 aliphatic carbocycles. The number of hydrogen-bond acceptors (Lipinski definition) is 2. The van der Waals surface area contributed by atoms with Crippen LogP contribution in [0.1, 0.15) is 24.6 Å². The zero-order chi connectivity index (χ0) is 17.1. The van der Waals surface area contributed by atoms with Gasteiger partial charge in [0.05, 0.1) is 5.69 Å². The van der Waals surface area contributed by atoms with Crippen LogP contribution in [-0.2, 0) is 19.9 Å². The minimum Gasteiger partial charge on any atom is -0.324 e. The summed E-state index contributed by atoms with van der Waals surface area (Å²) in [5, 5.41) is 7.28. The van der Waals surface area contributed by atoms with Crippen LogP contribution in [0.25, 0.3) is 0 Å². The second-order valence-corrected chi connectivity index (χ2v) is 6.36. The normalized spacial score (nSPS) is 17.3. The molecule has 2 amide bonds. The Morgan fingerprint density at radius 3 is 2.79 bits per heavy atom. The molecular formula is C18H23FN4O. The lowest BCUT2D eigenvalue weighted by molar-refractivity contribution is 0.220. The lowest BCUT2D eigenvalue weighted by Crippen LogP contribution is -2.33. The predicted octanol–water partition coefficient (Wildman–Crippen LogP) is 3.22. The quantitative estimate of drug-likeness (QED) is 0.936. The Balaban J connectivity index is 1.55. The molecule has 0 radical (unpaired) electrons. The maximum atomic E-state index is 13.0. The lowest BCUT2D eigenvalue weighted by atomic mass is 9.99. The smallest absolute Gasteiger partial charge is 0.323 e. The summed E-state index contributed by atoms with van der Waals surface area (Å²) >= 11 is 0. The molecule has 1 N–H and O–H groups in total. The van der Waals surface area contributed by atoms with Gasteiger partial charge in [0.2, 0.25) is 0 Å². The molecular weight excluding hydrogens is 307 g/mol. The molecule has 2 aromatic rings. The maximum absolute atomic E-state index is 13.0. The van der Waals surface area contributed by atoms with Crippen LogP contribution in [0.15, 0.2) is 30.3 Å². The molecule has 1 fully saturated rings. The van der Waals surface area contributed by atoms with Gasteiger partial charge in [-0.2, -0.15) is 5.10 Å². The summed E-state index contributed by atoms with van der Waals surface area (Å²) in [5.41, 5.74) is 2.08. The van der Waals surface area contributed by atoms with E-state index in [1.807, 2.05) is 37.1 Å². The van der Waals surface area contributed by atoms with Gasteiger partial charge in [-0.1, -0.05) is 19.1 Å². The van der Waals surface area contributed by atoms with Crippen molar-refractivity contribution in [3.63, 3.8) is 0 Å². The molecule has 5 nitrogen and oxygen atoms in total. The first-order chi connectivity index (χ1) is 11.5. The lowest BCUT2D eigenvalue weighted by Gasteiger charge is -2.17. The Morgan fingerprint density at radius 1 is 1.38 bits per heavy atom. The highest BCUT2D eigenvalue weighted by molar-refractivity contribution is 5.88. The summed E-state index contributed by atoms with van der Waals surface area (Å²) in [6.07, 6.45) is 2.68. The van der Waals surface area contributed by atoms with E-state index in [1.54, 1.807) is 4.68 Å². The van der Waals surface area contributed by atoms with Gasteiger partial charge in [0, 0.05) is 26.2 Å². The number of amides is 2. The van der Waals surface area contributed by atoms with Crippen molar-refractivity contribution in [3.05, 3.63) is 47.4 Å². The fraction of sp³-hybridized carbons (Fsp3) is 0.444. The standard InChI is InChI=1S/C18H23FN4O/c1-3-16-11-17(22(2)21-16)20-18(24)23-9-8-14(12-23)10-13-4-6-15(19)7-5-13/h4-7,11,14H,3,8-10,12H2,1-2H3,(H,20,24). The Hall–Kier alpha value is -2.37. The number of urea groups is 1. The first kappa shape index (κ1) is 16.5. The minimum absolute atomic E-state index is 0.0812. The molecule has 0 saturated carbocycles. The number of nitrogens with zero attached hydrogens (tertiary/aromatic N) is 3. The average molecular weight is 330 g/mol. The topological polar surface area (TPSA) is 50.2 Å². The van der Waals surface area contributed by atoms with Crippen LogP contribution in [0.5, 0.6) is 0 Å². The molecule has 1 aromatic heterocycles. The highest BCUT2D eigenvalue weighted by Crippen LogP contribution is 2.22. The van der Waals surface area contributed by atoms with Gasteiger partial charge in [0.25, 0.3) is 0 Å². The Labute approximate surface area is 141 Å². The third kappa shape index (κ3) is 3.75. The van der Waals surface area contributed by atoms with Gasteiger partial charge >= 0.3 is 6.03 Å². The molecule has 1 aliphatic rings. The van der Waals surface area contributed by atoms with Gasteiger partial charge in [0.1, 0.15) is 11.6 Å². The van der Waals surface area contributed by atoms with Crippen molar-refractivity contribution in [2.45, 2.75) is 26.2 Å². The Morgan fingerprint density at radius 2 is 2.12 bits per heavy atom. The fourth-order valence-electron chi connectivity index (χ4n) is 3.14. The molecule has 6 heteroatoms. The summed E-state index contributed by atoms with van der Waals surface area (Å²) in [4.78, 5) is 14.3. The van der Waals surface area contributed by atoms with E-state index in [4.69, 9.17) is 0 Å². The van der Waals surface area contributed by atoms with Gasteiger partial charge in [-0.05, 0) is 42.9 Å². The van der Waals surface area contributed by atoms with Crippen molar-refractivity contribution in [1.29, 1.82) is 0 Å². The third-order valence-corrected chi connectivity index (χ3v) is 4.54. The van der Waals surface area contributed by atoms with Crippen LogP contribution in [0, 0.1) is 11.7 Å². The molecule has 1 atom stereocenters. The van der Waals surface area contributed by atoms with Crippen molar-refractivity contribution >= 4 is 11.8 Å². The summed E-state index contributed by atoms with van der Waals surface area (Å²) in [5.74, 6) is 0.923. The Kier molecular flexibility index (Phi) is 4.83. The molecule has 1 aliphatic heterocycles. The minimum atomic E-state index is -0.214. The molecule has 24 heavy (non-hydrogen) atoms. The SMILES string of the molecule is CCc1cc(NC(=O)N2CCC(Cc3ccc(F)cc3)C2)n(C)n1. The number of benzene rings is 1. The maximum Gasteiger partial charge on any atom is 0.323 e. The van der Waals surface area contributed by atoms with Crippen LogP contribution in [-0.4, -0.2) is 33.8 Å². The fourth-order valence-corrected chi connectivity index (χ4v) is 3.14. The predicted molar refractivity (Wildman–Crippen MR) is 91.4 cm³/mol. The van der Waals surface area contributed by atoms with E-state index in [2.05, 4.69) is 10.4 Å². The zero-order valence-electron chi connectivity index (χ0n) is 14.1.